The molecule has 0 unspecified atom stereocenters. The molecule has 4 rings (SSSR count). The van der Waals surface area contributed by atoms with Crippen LogP contribution in [0.3, 0.4) is 0 Å². The Balaban J connectivity index is 2.16. The van der Waals surface area contributed by atoms with Crippen molar-refractivity contribution in [3.63, 3.8) is 0 Å². The van der Waals surface area contributed by atoms with Gasteiger partial charge in [-0.05, 0) is 25.1 Å². The maximum absolute atomic E-state index is 11.4. The van der Waals surface area contributed by atoms with Gasteiger partial charge in [0.2, 0.25) is 0 Å². The first-order chi connectivity index (χ1) is 11.1. The first-order valence-corrected chi connectivity index (χ1v) is 6.72. The van der Waals surface area contributed by atoms with Gasteiger partial charge in [0.15, 0.2) is 22.8 Å². The topological polar surface area (TPSA) is 138 Å². The number of rotatable bonds is 2. The van der Waals surface area contributed by atoms with Gasteiger partial charge in [-0.2, -0.15) is 4.52 Å². The van der Waals surface area contributed by atoms with E-state index in [0.29, 0.717) is 22.4 Å². The van der Waals surface area contributed by atoms with Crippen LogP contribution in [0.25, 0.3) is 28.0 Å². The van der Waals surface area contributed by atoms with Crippen molar-refractivity contribution in [1.29, 1.82) is 0 Å². The number of nitrogens with two attached hydrogens (primary N) is 2. The molecule has 0 radical (unpaired) electrons. The lowest BCUT2D eigenvalue weighted by atomic mass is 10.1. The summed E-state index contributed by atoms with van der Waals surface area (Å²) in [6.07, 6.45) is 1.58. The van der Waals surface area contributed by atoms with Crippen LogP contribution in [-0.2, 0) is 0 Å². The van der Waals surface area contributed by atoms with Gasteiger partial charge >= 0.3 is 0 Å². The van der Waals surface area contributed by atoms with Gasteiger partial charge in [-0.15, -0.1) is 15.3 Å². The molecule has 114 valence electrons. The molecule has 9 nitrogen and oxygen atoms in total. The number of furan rings is 1. The molecule has 0 aliphatic heterocycles. The molecule has 0 bridgehead atoms. The van der Waals surface area contributed by atoms with E-state index in [4.69, 9.17) is 15.9 Å². The van der Waals surface area contributed by atoms with Crippen LogP contribution in [0.2, 0.25) is 0 Å². The molecule has 4 aromatic heterocycles. The molecular formula is C14H11N7O2. The van der Waals surface area contributed by atoms with Crippen molar-refractivity contribution in [2.75, 3.05) is 5.73 Å². The van der Waals surface area contributed by atoms with Crippen molar-refractivity contribution < 1.29 is 9.21 Å². The maximum Gasteiger partial charge on any atom is 0.273 e. The summed E-state index contributed by atoms with van der Waals surface area (Å²) in [5, 5.41) is 12.8. The smallest absolute Gasteiger partial charge is 0.273 e. The molecule has 0 aromatic carbocycles. The zero-order valence-corrected chi connectivity index (χ0v) is 12.0. The molecule has 0 spiro atoms. The van der Waals surface area contributed by atoms with Crippen molar-refractivity contribution in [2.24, 2.45) is 5.73 Å². The summed E-state index contributed by atoms with van der Waals surface area (Å²) < 4.78 is 6.79. The number of pyridine rings is 1. The average Bonchev–Trinajstić information content (AvgIpc) is 3.13. The van der Waals surface area contributed by atoms with E-state index in [9.17, 15) is 4.79 Å². The lowest BCUT2D eigenvalue weighted by Gasteiger charge is -2.02. The predicted molar refractivity (Wildman–Crippen MR) is 81.5 cm³/mol. The molecule has 0 aliphatic rings. The molecule has 0 saturated carbocycles. The number of hydrogen-bond acceptors (Lipinski definition) is 7. The van der Waals surface area contributed by atoms with Gasteiger partial charge in [-0.25, -0.2) is 4.98 Å². The Hall–Kier alpha value is -3.49. The Morgan fingerprint density at radius 3 is 2.87 bits per heavy atom. The number of amides is 1. The van der Waals surface area contributed by atoms with E-state index in [1.54, 1.807) is 12.3 Å². The third-order valence-electron chi connectivity index (χ3n) is 3.48. The van der Waals surface area contributed by atoms with Crippen LogP contribution in [0.5, 0.6) is 0 Å². The largest absolute Gasteiger partial charge is 0.464 e. The molecule has 0 atom stereocenters. The number of nitrogen functional groups attached to an aromatic ring is 1. The predicted octanol–water partition coefficient (Wildman–Crippen LogP) is 0.922. The Kier molecular flexibility index (Phi) is 2.58. The van der Waals surface area contributed by atoms with Crippen molar-refractivity contribution in [2.45, 2.75) is 6.92 Å². The van der Waals surface area contributed by atoms with Crippen molar-refractivity contribution in [1.82, 2.24) is 24.8 Å². The van der Waals surface area contributed by atoms with E-state index in [0.717, 1.165) is 11.3 Å². The Morgan fingerprint density at radius 2 is 2.17 bits per heavy atom. The summed E-state index contributed by atoms with van der Waals surface area (Å²) in [6.45, 7) is 1.85. The molecule has 0 aliphatic carbocycles. The molecule has 23 heavy (non-hydrogen) atoms. The maximum atomic E-state index is 11.4. The molecular weight excluding hydrogens is 298 g/mol. The zero-order valence-electron chi connectivity index (χ0n) is 12.0. The molecule has 4 heterocycles. The number of nitrogens with zero attached hydrogens (tertiary/aromatic N) is 5. The standard InChI is InChI=1S/C14H11N7O2/c1-6-5-7(8-3-2-4-23-8)9-13(17-6)20-21-11(15)10(12(16)22)18-19-14(9)21/h2-5H,15H2,1H3,(H2,16,22). The molecule has 4 N–H and O–H groups in total. The van der Waals surface area contributed by atoms with Crippen LogP contribution in [0, 0.1) is 6.92 Å². The minimum atomic E-state index is -0.771. The lowest BCUT2D eigenvalue weighted by molar-refractivity contribution is 0.0995. The minimum Gasteiger partial charge on any atom is -0.464 e. The number of anilines is 1. The number of hydrogen-bond donors (Lipinski definition) is 2. The Labute approximate surface area is 128 Å². The van der Waals surface area contributed by atoms with Gasteiger partial charge in [0.05, 0.1) is 11.6 Å². The molecule has 9 heteroatoms. The van der Waals surface area contributed by atoms with Crippen LogP contribution in [-0.4, -0.2) is 30.7 Å². The van der Waals surface area contributed by atoms with Gasteiger partial charge in [0.1, 0.15) is 5.76 Å². The number of fused-ring (bicyclic) bond motifs is 3. The summed E-state index contributed by atoms with van der Waals surface area (Å²) >= 11 is 0. The van der Waals surface area contributed by atoms with Crippen molar-refractivity contribution in [3.8, 4) is 11.3 Å². The number of aromatic nitrogens is 5. The van der Waals surface area contributed by atoms with Crippen LogP contribution in [0.15, 0.2) is 28.9 Å². The fourth-order valence-corrected chi connectivity index (χ4v) is 2.51. The van der Waals surface area contributed by atoms with Gasteiger partial charge in [0, 0.05) is 11.3 Å². The van der Waals surface area contributed by atoms with Crippen molar-refractivity contribution in [3.05, 3.63) is 35.9 Å². The first kappa shape index (κ1) is 13.2. The van der Waals surface area contributed by atoms with Crippen molar-refractivity contribution >= 4 is 28.4 Å². The Morgan fingerprint density at radius 1 is 1.35 bits per heavy atom. The number of carbonyl (C=O) groups excluding carboxylic acids is 1. The summed E-state index contributed by atoms with van der Waals surface area (Å²) in [5.41, 5.74) is 13.4. The SMILES string of the molecule is Cc1cc(-c2ccco2)c2c(n1)nn1c(N)c(C(N)=O)nnc21. The third kappa shape index (κ3) is 1.83. The average molecular weight is 309 g/mol. The first-order valence-electron chi connectivity index (χ1n) is 6.72. The highest BCUT2D eigenvalue weighted by molar-refractivity contribution is 6.03. The van der Waals surface area contributed by atoms with Crippen LogP contribution >= 0.6 is 0 Å². The number of primary amides is 1. The number of aryl methyl sites for hydroxylation is 1. The molecule has 4 aromatic rings. The van der Waals surface area contributed by atoms with E-state index < -0.39 is 5.91 Å². The monoisotopic (exact) mass is 309 g/mol. The third-order valence-corrected chi connectivity index (χ3v) is 3.48. The van der Waals surface area contributed by atoms with Crippen LogP contribution in [0.1, 0.15) is 16.2 Å². The van der Waals surface area contributed by atoms with E-state index in [1.807, 2.05) is 19.1 Å². The zero-order chi connectivity index (χ0) is 16.1. The molecule has 1 amide bonds. The second-order valence-electron chi connectivity index (χ2n) is 5.02. The fourth-order valence-electron chi connectivity index (χ4n) is 2.51. The van der Waals surface area contributed by atoms with Gasteiger partial charge < -0.3 is 15.9 Å². The highest BCUT2D eigenvalue weighted by atomic mass is 16.3. The van der Waals surface area contributed by atoms with Crippen LogP contribution in [0.4, 0.5) is 5.82 Å². The van der Waals surface area contributed by atoms with E-state index in [2.05, 4.69) is 20.3 Å². The van der Waals surface area contributed by atoms with Crippen LogP contribution < -0.4 is 11.5 Å². The van der Waals surface area contributed by atoms with E-state index in [1.165, 1.54) is 4.52 Å². The van der Waals surface area contributed by atoms with E-state index >= 15 is 0 Å². The highest BCUT2D eigenvalue weighted by Gasteiger charge is 2.20. The summed E-state index contributed by atoms with van der Waals surface area (Å²) in [7, 11) is 0. The fraction of sp³-hybridized carbons (Fsp3) is 0.0714. The number of carbonyl (C=O) groups is 1. The second-order valence-corrected chi connectivity index (χ2v) is 5.02. The highest BCUT2D eigenvalue weighted by Crippen LogP contribution is 2.31. The van der Waals surface area contributed by atoms with Gasteiger partial charge in [0.25, 0.3) is 5.91 Å². The van der Waals surface area contributed by atoms with Gasteiger partial charge in [-0.3, -0.25) is 4.79 Å². The van der Waals surface area contributed by atoms with E-state index in [-0.39, 0.29) is 11.5 Å². The minimum absolute atomic E-state index is 0.0172. The summed E-state index contributed by atoms with van der Waals surface area (Å²) in [5.74, 6) is -0.106. The molecule has 0 saturated heterocycles. The second kappa shape index (κ2) is 4.50. The quantitative estimate of drug-likeness (QED) is 0.561. The molecule has 0 fully saturated rings. The van der Waals surface area contributed by atoms with Gasteiger partial charge in [-0.1, -0.05) is 0 Å². The summed E-state index contributed by atoms with van der Waals surface area (Å²) in [4.78, 5) is 15.7. The lowest BCUT2D eigenvalue weighted by Crippen LogP contribution is -2.19. The summed E-state index contributed by atoms with van der Waals surface area (Å²) in [6, 6.07) is 5.48. The normalized spacial score (nSPS) is 11.3. The Bertz CT molecular complexity index is 1070.